The minimum absolute atomic E-state index is 0.681. The van der Waals surface area contributed by atoms with Crippen LogP contribution in [0.15, 0.2) is 12.3 Å². The van der Waals surface area contributed by atoms with Gasteiger partial charge in [0, 0.05) is 20.2 Å². The van der Waals surface area contributed by atoms with Crippen LogP contribution < -0.4 is 10.6 Å². The van der Waals surface area contributed by atoms with Gasteiger partial charge >= 0.3 is 0 Å². The zero-order chi connectivity index (χ0) is 11.8. The number of nitrogens with two attached hydrogens (primary N) is 1. The molecule has 5 nitrogen and oxygen atoms in total. The molecule has 0 aliphatic rings. The van der Waals surface area contributed by atoms with Gasteiger partial charge in [-0.05, 0) is 31.5 Å². The summed E-state index contributed by atoms with van der Waals surface area (Å²) in [5.74, 6) is 0.894. The second-order valence-electron chi connectivity index (χ2n) is 3.71. The van der Waals surface area contributed by atoms with E-state index in [1.54, 1.807) is 13.3 Å². The summed E-state index contributed by atoms with van der Waals surface area (Å²) in [5, 5.41) is 8.08. The highest BCUT2D eigenvalue weighted by atomic mass is 16.5. The monoisotopic (exact) mass is 224 g/mol. The van der Waals surface area contributed by atoms with Gasteiger partial charge in [0.1, 0.15) is 0 Å². The molecular weight excluding hydrogens is 204 g/mol. The van der Waals surface area contributed by atoms with Gasteiger partial charge < -0.3 is 15.4 Å². The average Bonchev–Trinajstić information content (AvgIpc) is 2.29. The van der Waals surface area contributed by atoms with Gasteiger partial charge in [-0.1, -0.05) is 0 Å². The van der Waals surface area contributed by atoms with Gasteiger partial charge in [-0.2, -0.15) is 5.10 Å². The Kier molecular flexibility index (Phi) is 5.74. The molecule has 0 aliphatic heterocycles. The summed E-state index contributed by atoms with van der Waals surface area (Å²) >= 11 is 0. The average molecular weight is 224 g/mol. The highest BCUT2D eigenvalue weighted by Gasteiger charge is 2.07. The normalized spacial score (nSPS) is 10.4. The van der Waals surface area contributed by atoms with Gasteiger partial charge in [-0.3, -0.25) is 0 Å². The number of ether oxygens (including phenoxy) is 1. The lowest BCUT2D eigenvalue weighted by atomic mass is 10.3. The van der Waals surface area contributed by atoms with Crippen molar-refractivity contribution in [2.24, 2.45) is 5.73 Å². The van der Waals surface area contributed by atoms with Crippen LogP contribution in [0.25, 0.3) is 0 Å². The second-order valence-corrected chi connectivity index (χ2v) is 3.71. The fraction of sp³-hybridized carbons (Fsp3) is 0.636. The van der Waals surface area contributed by atoms with Crippen LogP contribution in [0, 0.1) is 6.92 Å². The fourth-order valence-electron chi connectivity index (χ4n) is 1.43. The zero-order valence-electron chi connectivity index (χ0n) is 10.0. The number of aromatic nitrogens is 2. The maximum atomic E-state index is 5.52. The Morgan fingerprint density at radius 3 is 2.88 bits per heavy atom. The van der Waals surface area contributed by atoms with Crippen LogP contribution >= 0.6 is 0 Å². The minimum atomic E-state index is 0.681. The molecule has 0 aliphatic carbocycles. The molecule has 1 rings (SSSR count). The summed E-state index contributed by atoms with van der Waals surface area (Å²) in [5.41, 5.74) is 6.63. The first-order valence-corrected chi connectivity index (χ1v) is 5.51. The van der Waals surface area contributed by atoms with E-state index in [-0.39, 0.29) is 0 Å². The lowest BCUT2D eigenvalue weighted by Gasteiger charge is -2.22. The molecule has 1 heterocycles. The first-order valence-electron chi connectivity index (χ1n) is 5.51. The molecule has 16 heavy (non-hydrogen) atoms. The number of hydrogen-bond acceptors (Lipinski definition) is 5. The number of hydrogen-bond donors (Lipinski definition) is 1. The van der Waals surface area contributed by atoms with Crippen LogP contribution in [-0.2, 0) is 4.74 Å². The molecule has 1 aromatic rings. The van der Waals surface area contributed by atoms with E-state index in [4.69, 9.17) is 10.5 Å². The lowest BCUT2D eigenvalue weighted by molar-refractivity contribution is 0.205. The summed E-state index contributed by atoms with van der Waals surface area (Å²) in [6.45, 7) is 5.07. The summed E-state index contributed by atoms with van der Waals surface area (Å²) in [4.78, 5) is 2.15. The Labute approximate surface area is 96.6 Å². The van der Waals surface area contributed by atoms with Crippen LogP contribution in [0.1, 0.15) is 12.0 Å². The Morgan fingerprint density at radius 1 is 1.44 bits per heavy atom. The quantitative estimate of drug-likeness (QED) is 0.734. The Bertz CT molecular complexity index is 298. The van der Waals surface area contributed by atoms with Gasteiger partial charge in [0.15, 0.2) is 5.82 Å². The van der Waals surface area contributed by atoms with Gasteiger partial charge in [0.05, 0.1) is 12.8 Å². The predicted molar refractivity (Wildman–Crippen MR) is 64.5 cm³/mol. The Balaban J connectivity index is 2.66. The number of methoxy groups -OCH3 is 1. The Morgan fingerprint density at radius 2 is 2.25 bits per heavy atom. The summed E-state index contributed by atoms with van der Waals surface area (Å²) in [7, 11) is 1.70. The third-order valence-electron chi connectivity index (χ3n) is 2.30. The highest BCUT2D eigenvalue weighted by molar-refractivity contribution is 5.38. The molecule has 0 bridgehead atoms. The van der Waals surface area contributed by atoms with Crippen LogP contribution in [0.3, 0.4) is 0 Å². The summed E-state index contributed by atoms with van der Waals surface area (Å²) < 4.78 is 5.08. The van der Waals surface area contributed by atoms with Crippen molar-refractivity contribution >= 4 is 5.82 Å². The standard InChI is InChI=1S/C11H20N4O/c1-10-8-11(14-13-9-10)15(5-3-4-12)6-7-16-2/h8-9H,3-7,12H2,1-2H3. The van der Waals surface area contributed by atoms with Crippen LogP contribution in [-0.4, -0.2) is 43.5 Å². The van der Waals surface area contributed by atoms with Crippen molar-refractivity contribution in [3.05, 3.63) is 17.8 Å². The molecule has 0 saturated carbocycles. The van der Waals surface area contributed by atoms with E-state index in [1.165, 1.54) is 0 Å². The van der Waals surface area contributed by atoms with E-state index >= 15 is 0 Å². The van der Waals surface area contributed by atoms with Crippen molar-refractivity contribution in [3.8, 4) is 0 Å². The molecule has 0 atom stereocenters. The summed E-state index contributed by atoms with van der Waals surface area (Å²) in [6.07, 6.45) is 2.69. The van der Waals surface area contributed by atoms with Crippen molar-refractivity contribution in [2.75, 3.05) is 38.3 Å². The molecule has 0 aromatic carbocycles. The van der Waals surface area contributed by atoms with Crippen molar-refractivity contribution in [2.45, 2.75) is 13.3 Å². The minimum Gasteiger partial charge on any atom is -0.383 e. The third-order valence-corrected chi connectivity index (χ3v) is 2.30. The highest BCUT2D eigenvalue weighted by Crippen LogP contribution is 2.10. The number of rotatable bonds is 7. The number of anilines is 1. The SMILES string of the molecule is COCCN(CCCN)c1cc(C)cnn1. The molecule has 90 valence electrons. The molecule has 0 fully saturated rings. The van der Waals surface area contributed by atoms with Gasteiger partial charge in [-0.25, -0.2) is 0 Å². The second kappa shape index (κ2) is 7.14. The fourth-order valence-corrected chi connectivity index (χ4v) is 1.43. The van der Waals surface area contributed by atoms with Crippen LogP contribution in [0.5, 0.6) is 0 Å². The van der Waals surface area contributed by atoms with Crippen molar-refractivity contribution in [1.29, 1.82) is 0 Å². The van der Waals surface area contributed by atoms with E-state index in [1.807, 2.05) is 13.0 Å². The molecule has 1 aromatic heterocycles. The first-order chi connectivity index (χ1) is 7.77. The molecule has 0 radical (unpaired) electrons. The van der Waals surface area contributed by atoms with E-state index < -0.39 is 0 Å². The zero-order valence-corrected chi connectivity index (χ0v) is 10.0. The lowest BCUT2D eigenvalue weighted by Crippen LogP contribution is -2.30. The van der Waals surface area contributed by atoms with Gasteiger partial charge in [-0.15, -0.1) is 5.10 Å². The maximum Gasteiger partial charge on any atom is 0.151 e. The molecule has 5 heteroatoms. The molecular formula is C11H20N4O. The molecule has 0 saturated heterocycles. The molecule has 0 spiro atoms. The van der Waals surface area contributed by atoms with Crippen molar-refractivity contribution in [3.63, 3.8) is 0 Å². The van der Waals surface area contributed by atoms with Crippen LogP contribution in [0.2, 0.25) is 0 Å². The largest absolute Gasteiger partial charge is 0.383 e. The topological polar surface area (TPSA) is 64.3 Å². The molecule has 0 unspecified atom stereocenters. The number of nitrogens with zero attached hydrogens (tertiary/aromatic N) is 3. The van der Waals surface area contributed by atoms with E-state index in [2.05, 4.69) is 15.1 Å². The van der Waals surface area contributed by atoms with E-state index in [0.717, 1.165) is 30.9 Å². The van der Waals surface area contributed by atoms with Gasteiger partial charge in [0.2, 0.25) is 0 Å². The smallest absolute Gasteiger partial charge is 0.151 e. The molecule has 2 N–H and O–H groups in total. The molecule has 0 amide bonds. The van der Waals surface area contributed by atoms with E-state index in [9.17, 15) is 0 Å². The van der Waals surface area contributed by atoms with Crippen LogP contribution in [0.4, 0.5) is 5.82 Å². The summed E-state index contributed by atoms with van der Waals surface area (Å²) in [6, 6.07) is 2.03. The predicted octanol–water partition coefficient (Wildman–Crippen LogP) is 0.587. The third kappa shape index (κ3) is 4.12. The maximum absolute atomic E-state index is 5.52. The van der Waals surface area contributed by atoms with Gasteiger partial charge in [0.25, 0.3) is 0 Å². The Hall–Kier alpha value is -1.20. The van der Waals surface area contributed by atoms with E-state index in [0.29, 0.717) is 13.2 Å². The van der Waals surface area contributed by atoms with Crippen molar-refractivity contribution < 1.29 is 4.74 Å². The first kappa shape index (κ1) is 12.9. The number of aryl methyl sites for hydroxylation is 1. The van der Waals surface area contributed by atoms with Crippen molar-refractivity contribution in [1.82, 2.24) is 10.2 Å².